The first-order valence-corrected chi connectivity index (χ1v) is 11.3. The van der Waals surface area contributed by atoms with Gasteiger partial charge in [-0.25, -0.2) is 8.42 Å². The minimum Gasteiger partial charge on any atom is -0.492 e. The molecule has 7 nitrogen and oxygen atoms in total. The van der Waals surface area contributed by atoms with Gasteiger partial charge in [0.1, 0.15) is 12.4 Å². The fourth-order valence-electron chi connectivity index (χ4n) is 3.31. The quantitative estimate of drug-likeness (QED) is 0.314. The molecule has 0 aromatic heterocycles. The van der Waals surface area contributed by atoms with Gasteiger partial charge in [-0.15, -0.1) is 24.0 Å². The number of halogens is 1. The summed E-state index contributed by atoms with van der Waals surface area (Å²) in [6.07, 6.45) is 0.759. The zero-order valence-electron chi connectivity index (χ0n) is 17.3. The van der Waals surface area contributed by atoms with Gasteiger partial charge in [-0.2, -0.15) is 0 Å². The van der Waals surface area contributed by atoms with Gasteiger partial charge in [0.05, 0.1) is 18.0 Å². The number of aliphatic imine (C=N–C) groups is 1. The number of fused-ring (bicyclic) bond motifs is 1. The Morgan fingerprint density at radius 3 is 2.60 bits per heavy atom. The molecule has 0 fully saturated rings. The fourth-order valence-corrected chi connectivity index (χ4v) is 4.73. The Labute approximate surface area is 196 Å². The van der Waals surface area contributed by atoms with Crippen LogP contribution in [0.3, 0.4) is 0 Å². The standard InChI is InChI=1S/C21H28N4O3S.HI/c1-22-21(24(2)15-16-28-19-9-4-3-5-10-19)23-13-17-29(26,27)25-14-12-18-8-6-7-11-20(18)25;/h3-11H,12-17H2,1-2H3,(H,22,23);1H. The molecule has 0 amide bonds. The van der Waals surface area contributed by atoms with Crippen LogP contribution in [0.15, 0.2) is 59.6 Å². The third-order valence-electron chi connectivity index (χ3n) is 4.84. The number of rotatable bonds is 8. The molecule has 164 valence electrons. The highest BCUT2D eigenvalue weighted by Crippen LogP contribution is 2.29. The Bertz CT molecular complexity index is 938. The van der Waals surface area contributed by atoms with E-state index in [4.69, 9.17) is 4.74 Å². The average molecular weight is 544 g/mol. The van der Waals surface area contributed by atoms with E-state index in [-0.39, 0.29) is 36.3 Å². The van der Waals surface area contributed by atoms with Crippen LogP contribution in [-0.2, 0) is 16.4 Å². The summed E-state index contributed by atoms with van der Waals surface area (Å²) in [6.45, 7) is 1.93. The Kier molecular flexibility index (Phi) is 9.22. The molecule has 0 saturated heterocycles. The van der Waals surface area contributed by atoms with Gasteiger partial charge in [0.15, 0.2) is 5.96 Å². The molecule has 30 heavy (non-hydrogen) atoms. The van der Waals surface area contributed by atoms with Crippen molar-refractivity contribution >= 4 is 45.6 Å². The van der Waals surface area contributed by atoms with E-state index < -0.39 is 10.0 Å². The SMILES string of the molecule is CN=C(NCCS(=O)(=O)N1CCc2ccccc21)N(C)CCOc1ccccc1.I. The normalized spacial score (nSPS) is 13.4. The van der Waals surface area contributed by atoms with Gasteiger partial charge in [0.25, 0.3) is 0 Å². The van der Waals surface area contributed by atoms with Gasteiger partial charge in [0.2, 0.25) is 10.0 Å². The van der Waals surface area contributed by atoms with Gasteiger partial charge in [0, 0.05) is 27.2 Å². The maximum absolute atomic E-state index is 12.8. The van der Waals surface area contributed by atoms with Crippen LogP contribution in [0.1, 0.15) is 5.56 Å². The minimum atomic E-state index is -3.38. The lowest BCUT2D eigenvalue weighted by Gasteiger charge is -2.23. The maximum atomic E-state index is 12.8. The maximum Gasteiger partial charge on any atom is 0.236 e. The molecule has 0 spiro atoms. The highest BCUT2D eigenvalue weighted by Gasteiger charge is 2.28. The molecule has 1 aliphatic rings. The Hall–Kier alpha value is -2.01. The molecule has 3 rings (SSSR count). The van der Waals surface area contributed by atoms with Crippen LogP contribution in [0.5, 0.6) is 5.75 Å². The number of likely N-dealkylation sites (N-methyl/N-ethyl adjacent to an activating group) is 1. The van der Waals surface area contributed by atoms with Crippen molar-refractivity contribution in [2.45, 2.75) is 6.42 Å². The molecule has 0 radical (unpaired) electrons. The van der Waals surface area contributed by atoms with E-state index in [0.29, 0.717) is 25.7 Å². The van der Waals surface area contributed by atoms with Gasteiger partial charge < -0.3 is 15.0 Å². The van der Waals surface area contributed by atoms with E-state index in [1.807, 2.05) is 66.5 Å². The van der Waals surface area contributed by atoms with Crippen molar-refractivity contribution < 1.29 is 13.2 Å². The van der Waals surface area contributed by atoms with Gasteiger partial charge in [-0.05, 0) is 30.2 Å². The summed E-state index contributed by atoms with van der Waals surface area (Å²) < 4.78 is 32.8. The summed E-state index contributed by atoms with van der Waals surface area (Å²) in [5, 5.41) is 3.14. The van der Waals surface area contributed by atoms with Crippen LogP contribution < -0.4 is 14.4 Å². The molecule has 0 aliphatic carbocycles. The zero-order valence-corrected chi connectivity index (χ0v) is 20.5. The molecule has 2 aromatic rings. The van der Waals surface area contributed by atoms with E-state index in [2.05, 4.69) is 10.3 Å². The van der Waals surface area contributed by atoms with Gasteiger partial charge in [-0.1, -0.05) is 36.4 Å². The highest BCUT2D eigenvalue weighted by molar-refractivity contribution is 14.0. The first-order valence-electron chi connectivity index (χ1n) is 9.69. The van der Waals surface area contributed by atoms with E-state index in [1.54, 1.807) is 7.05 Å². The third kappa shape index (κ3) is 6.24. The third-order valence-corrected chi connectivity index (χ3v) is 6.61. The lowest BCUT2D eigenvalue weighted by Crippen LogP contribution is -2.44. The Morgan fingerprint density at radius 2 is 1.87 bits per heavy atom. The molecule has 1 aliphatic heterocycles. The Morgan fingerprint density at radius 1 is 1.17 bits per heavy atom. The van der Waals surface area contributed by atoms with Crippen molar-refractivity contribution in [1.29, 1.82) is 0 Å². The number of benzene rings is 2. The second-order valence-electron chi connectivity index (χ2n) is 6.82. The number of guanidine groups is 1. The van der Waals surface area contributed by atoms with Gasteiger partial charge in [-0.3, -0.25) is 9.30 Å². The summed E-state index contributed by atoms with van der Waals surface area (Å²) >= 11 is 0. The lowest BCUT2D eigenvalue weighted by atomic mass is 10.2. The van der Waals surface area contributed by atoms with E-state index in [0.717, 1.165) is 23.4 Å². The molecular formula is C21H29IN4O3S. The number of sulfonamides is 1. The van der Waals surface area contributed by atoms with Crippen LogP contribution in [0.4, 0.5) is 5.69 Å². The first kappa shape index (κ1) is 24.3. The molecular weight excluding hydrogens is 515 g/mol. The molecule has 0 atom stereocenters. The Balaban J connectivity index is 0.00000320. The fraction of sp³-hybridized carbons (Fsp3) is 0.381. The number of para-hydroxylation sites is 2. The number of nitrogens with one attached hydrogen (secondary N) is 1. The van der Waals surface area contributed by atoms with Gasteiger partial charge >= 0.3 is 0 Å². The molecule has 0 saturated carbocycles. The second-order valence-corrected chi connectivity index (χ2v) is 8.84. The van der Waals surface area contributed by atoms with Crippen LogP contribution in [0.25, 0.3) is 0 Å². The van der Waals surface area contributed by atoms with Crippen molar-refractivity contribution in [2.75, 3.05) is 50.4 Å². The van der Waals surface area contributed by atoms with Crippen molar-refractivity contribution in [3.05, 3.63) is 60.2 Å². The summed E-state index contributed by atoms with van der Waals surface area (Å²) in [4.78, 5) is 6.15. The van der Waals surface area contributed by atoms with E-state index in [9.17, 15) is 8.42 Å². The van der Waals surface area contributed by atoms with E-state index in [1.165, 1.54) is 4.31 Å². The molecule has 0 unspecified atom stereocenters. The summed E-state index contributed by atoms with van der Waals surface area (Å²) in [6, 6.07) is 17.3. The molecule has 0 bridgehead atoms. The predicted octanol–water partition coefficient (Wildman–Crippen LogP) is 2.58. The number of anilines is 1. The van der Waals surface area contributed by atoms with Crippen molar-refractivity contribution in [1.82, 2.24) is 10.2 Å². The summed E-state index contributed by atoms with van der Waals surface area (Å²) in [5.41, 5.74) is 1.88. The molecule has 1 N–H and O–H groups in total. The predicted molar refractivity (Wildman–Crippen MR) is 133 cm³/mol. The minimum absolute atomic E-state index is 0. The van der Waals surface area contributed by atoms with Crippen LogP contribution in [0.2, 0.25) is 0 Å². The topological polar surface area (TPSA) is 74.2 Å². The lowest BCUT2D eigenvalue weighted by molar-refractivity contribution is 0.281. The van der Waals surface area contributed by atoms with Crippen LogP contribution in [0, 0.1) is 0 Å². The highest BCUT2D eigenvalue weighted by atomic mass is 127. The summed E-state index contributed by atoms with van der Waals surface area (Å²) in [7, 11) is 0.197. The largest absolute Gasteiger partial charge is 0.492 e. The zero-order chi connectivity index (χ0) is 20.7. The molecule has 9 heteroatoms. The number of hydrogen-bond acceptors (Lipinski definition) is 4. The van der Waals surface area contributed by atoms with Crippen molar-refractivity contribution in [3.63, 3.8) is 0 Å². The smallest absolute Gasteiger partial charge is 0.236 e. The number of hydrogen-bond donors (Lipinski definition) is 1. The number of ether oxygens (including phenoxy) is 1. The molecule has 2 aromatic carbocycles. The van der Waals surface area contributed by atoms with Crippen LogP contribution >= 0.6 is 24.0 Å². The van der Waals surface area contributed by atoms with E-state index >= 15 is 0 Å². The van der Waals surface area contributed by atoms with Crippen molar-refractivity contribution in [2.24, 2.45) is 4.99 Å². The van der Waals surface area contributed by atoms with Crippen molar-refractivity contribution in [3.8, 4) is 5.75 Å². The van der Waals surface area contributed by atoms with Crippen LogP contribution in [-0.4, -0.2) is 65.4 Å². The average Bonchev–Trinajstić information content (AvgIpc) is 3.17. The molecule has 1 heterocycles. The second kappa shape index (κ2) is 11.4. The monoisotopic (exact) mass is 544 g/mol. The first-order chi connectivity index (χ1) is 14.0. The number of nitrogens with zero attached hydrogens (tertiary/aromatic N) is 3. The summed E-state index contributed by atoms with van der Waals surface area (Å²) in [5.74, 6) is 1.47.